The number of benzene rings is 2. The molecule has 0 bridgehead atoms. The number of piperidine rings is 1. The molecule has 6 nitrogen and oxygen atoms in total. The Kier molecular flexibility index (Phi) is 8.52. The number of carboxylic acids is 1. The highest BCUT2D eigenvalue weighted by Gasteiger charge is 2.47. The van der Waals surface area contributed by atoms with Crippen molar-refractivity contribution in [3.05, 3.63) is 62.9 Å². The first-order chi connectivity index (χ1) is 19.4. The second-order valence-corrected chi connectivity index (χ2v) is 12.5. The normalized spacial score (nSPS) is 25.2. The number of nitrogens with zero attached hydrogens (tertiary/aromatic N) is 2. The lowest BCUT2D eigenvalue weighted by Crippen LogP contribution is -2.45. The van der Waals surface area contributed by atoms with E-state index in [1.807, 2.05) is 19.1 Å². The number of carboxylic acid groups (broad SMARTS) is 1. The van der Waals surface area contributed by atoms with E-state index in [-0.39, 0.29) is 42.7 Å². The lowest BCUT2D eigenvalue weighted by molar-refractivity contribution is -0.142. The van der Waals surface area contributed by atoms with Crippen molar-refractivity contribution in [1.82, 2.24) is 9.80 Å². The molecule has 3 fully saturated rings. The molecule has 1 N–H and O–H groups in total. The molecule has 0 spiro atoms. The van der Waals surface area contributed by atoms with E-state index in [0.29, 0.717) is 28.7 Å². The maximum absolute atomic E-state index is 15.8. The SMILES string of the molecule is CC1[C@@H](C(=O)O)N(C(=O)c2cc(C3CC3)c(OCC3(F)CCN(C(C)c4cc(Cl)cc(Cl)c4)CC3)cc2F)C[C@@H]1F. The van der Waals surface area contributed by atoms with Gasteiger partial charge in [0.1, 0.15) is 36.1 Å². The third kappa shape index (κ3) is 6.32. The number of carbonyl (C=O) groups excluding carboxylic acids is 1. The van der Waals surface area contributed by atoms with Gasteiger partial charge in [0.25, 0.3) is 5.91 Å². The summed E-state index contributed by atoms with van der Waals surface area (Å²) in [4.78, 5) is 28.0. The molecule has 1 aliphatic carbocycles. The number of aliphatic carboxylic acids is 1. The first-order valence-corrected chi connectivity index (χ1v) is 14.7. The first-order valence-electron chi connectivity index (χ1n) is 13.9. The van der Waals surface area contributed by atoms with Gasteiger partial charge in [0, 0.05) is 41.2 Å². The molecule has 2 heterocycles. The Bertz CT molecular complexity index is 1310. The molecule has 2 unspecified atom stereocenters. The number of hydrogen-bond donors (Lipinski definition) is 1. The van der Waals surface area contributed by atoms with Crippen LogP contribution in [0.3, 0.4) is 0 Å². The van der Waals surface area contributed by atoms with Crippen LogP contribution in [0, 0.1) is 11.7 Å². The summed E-state index contributed by atoms with van der Waals surface area (Å²) >= 11 is 12.3. The van der Waals surface area contributed by atoms with E-state index in [9.17, 15) is 19.1 Å². The third-order valence-corrected chi connectivity index (χ3v) is 9.17. The molecule has 1 saturated carbocycles. The van der Waals surface area contributed by atoms with Crippen molar-refractivity contribution in [2.45, 2.75) is 69.4 Å². The van der Waals surface area contributed by atoms with Crippen LogP contribution in [-0.2, 0) is 4.79 Å². The molecule has 2 aromatic carbocycles. The highest BCUT2D eigenvalue weighted by Crippen LogP contribution is 2.46. The van der Waals surface area contributed by atoms with E-state index < -0.39 is 48.0 Å². The van der Waals surface area contributed by atoms with Crippen LogP contribution in [0.25, 0.3) is 0 Å². The van der Waals surface area contributed by atoms with Gasteiger partial charge in [0.2, 0.25) is 0 Å². The number of rotatable bonds is 8. The molecule has 2 saturated heterocycles. The first kappa shape index (κ1) is 30.0. The van der Waals surface area contributed by atoms with Gasteiger partial charge in [0.15, 0.2) is 0 Å². The molecule has 2 aromatic rings. The zero-order chi connectivity index (χ0) is 29.6. The smallest absolute Gasteiger partial charge is 0.326 e. The topological polar surface area (TPSA) is 70.1 Å². The number of alkyl halides is 2. The number of ether oxygens (including phenoxy) is 1. The molecule has 4 atom stereocenters. The van der Waals surface area contributed by atoms with E-state index in [2.05, 4.69) is 4.90 Å². The van der Waals surface area contributed by atoms with E-state index >= 15 is 8.78 Å². The van der Waals surface area contributed by atoms with Gasteiger partial charge >= 0.3 is 5.97 Å². The minimum Gasteiger partial charge on any atom is -0.490 e. The van der Waals surface area contributed by atoms with E-state index in [4.69, 9.17) is 27.9 Å². The fourth-order valence-electron chi connectivity index (χ4n) is 5.94. The second-order valence-electron chi connectivity index (χ2n) is 11.6. The average molecular weight is 614 g/mol. The van der Waals surface area contributed by atoms with Crippen LogP contribution in [0.4, 0.5) is 13.2 Å². The van der Waals surface area contributed by atoms with Gasteiger partial charge in [-0.3, -0.25) is 9.69 Å². The van der Waals surface area contributed by atoms with Crippen LogP contribution < -0.4 is 4.74 Å². The summed E-state index contributed by atoms with van der Waals surface area (Å²) in [5.41, 5.74) is -0.419. The molecule has 2 aliphatic heterocycles. The maximum Gasteiger partial charge on any atom is 0.326 e. The maximum atomic E-state index is 15.8. The molecule has 1 amide bonds. The fraction of sp³-hybridized carbons (Fsp3) is 0.533. The molecule has 0 aromatic heterocycles. The Balaban J connectivity index is 1.27. The van der Waals surface area contributed by atoms with Crippen LogP contribution >= 0.6 is 23.2 Å². The highest BCUT2D eigenvalue weighted by molar-refractivity contribution is 6.34. The molecular weight excluding hydrogens is 580 g/mol. The zero-order valence-electron chi connectivity index (χ0n) is 22.9. The van der Waals surface area contributed by atoms with Gasteiger partial charge in [-0.15, -0.1) is 0 Å². The van der Waals surface area contributed by atoms with Gasteiger partial charge in [-0.1, -0.05) is 30.1 Å². The number of hydrogen-bond acceptors (Lipinski definition) is 4. The van der Waals surface area contributed by atoms with E-state index in [1.165, 1.54) is 13.0 Å². The standard InChI is InChI=1S/C30H33Cl2F3N2O4/c1-16-25(34)14-37(27(16)29(39)40)28(38)23-12-22(18-3-4-18)26(13-24(23)33)41-15-30(35)5-7-36(8-6-30)17(2)19-9-20(31)11-21(32)10-19/h9-13,16-18,25,27H,3-8,14-15H2,1-2H3,(H,39,40)/t16?,17?,25-,27-/m0/s1. The molecule has 3 aliphatic rings. The highest BCUT2D eigenvalue weighted by atomic mass is 35.5. The van der Waals surface area contributed by atoms with Crippen LogP contribution in [0.15, 0.2) is 30.3 Å². The minimum atomic E-state index is -1.62. The van der Waals surface area contributed by atoms with Crippen molar-refractivity contribution < 1.29 is 32.6 Å². The summed E-state index contributed by atoms with van der Waals surface area (Å²) in [6, 6.07) is 6.42. The summed E-state index contributed by atoms with van der Waals surface area (Å²) in [5, 5.41) is 10.6. The molecule has 0 radical (unpaired) electrons. The number of carbonyl (C=O) groups is 2. The monoisotopic (exact) mass is 612 g/mol. The summed E-state index contributed by atoms with van der Waals surface area (Å²) < 4.78 is 51.3. The Morgan fingerprint density at radius 3 is 2.34 bits per heavy atom. The van der Waals surface area contributed by atoms with Crippen molar-refractivity contribution in [3.8, 4) is 5.75 Å². The van der Waals surface area contributed by atoms with Gasteiger partial charge in [-0.05, 0) is 73.9 Å². The van der Waals surface area contributed by atoms with Crippen LogP contribution in [0.1, 0.15) is 73.0 Å². The molecule has 11 heteroatoms. The van der Waals surface area contributed by atoms with Crippen molar-refractivity contribution in [1.29, 1.82) is 0 Å². The summed E-state index contributed by atoms with van der Waals surface area (Å²) in [7, 11) is 0. The molecular formula is C30H33Cl2F3N2O4. The lowest BCUT2D eigenvalue weighted by Gasteiger charge is -2.39. The van der Waals surface area contributed by atoms with Crippen molar-refractivity contribution in [3.63, 3.8) is 0 Å². The number of halogens is 5. The predicted octanol–water partition coefficient (Wildman–Crippen LogP) is 6.84. The second kappa shape index (κ2) is 11.7. The van der Waals surface area contributed by atoms with Gasteiger partial charge in [0.05, 0.1) is 12.1 Å². The predicted molar refractivity (Wildman–Crippen MR) is 150 cm³/mol. The van der Waals surface area contributed by atoms with Crippen molar-refractivity contribution in [2.24, 2.45) is 5.92 Å². The quantitative estimate of drug-likeness (QED) is 0.353. The molecule has 41 heavy (non-hydrogen) atoms. The summed E-state index contributed by atoms with van der Waals surface area (Å²) in [6.45, 7) is 3.72. The minimum absolute atomic E-state index is 0.00990. The Labute approximate surface area is 247 Å². The molecule has 222 valence electrons. The van der Waals surface area contributed by atoms with Crippen LogP contribution in [0.2, 0.25) is 10.0 Å². The zero-order valence-corrected chi connectivity index (χ0v) is 24.4. The van der Waals surface area contributed by atoms with Gasteiger partial charge in [-0.25, -0.2) is 18.0 Å². The largest absolute Gasteiger partial charge is 0.490 e. The van der Waals surface area contributed by atoms with E-state index in [1.54, 1.807) is 6.07 Å². The number of amides is 1. The Hall–Kier alpha value is -2.49. The fourth-order valence-corrected chi connectivity index (χ4v) is 6.48. The Morgan fingerprint density at radius 2 is 1.76 bits per heavy atom. The average Bonchev–Trinajstić information content (AvgIpc) is 3.71. The van der Waals surface area contributed by atoms with Crippen LogP contribution in [0.5, 0.6) is 5.75 Å². The number of likely N-dealkylation sites (tertiary alicyclic amines) is 2. The third-order valence-electron chi connectivity index (χ3n) is 8.73. The van der Waals surface area contributed by atoms with Crippen molar-refractivity contribution in [2.75, 3.05) is 26.2 Å². The summed E-state index contributed by atoms with van der Waals surface area (Å²) in [5.74, 6) is -3.83. The van der Waals surface area contributed by atoms with Crippen molar-refractivity contribution >= 4 is 35.1 Å². The van der Waals surface area contributed by atoms with E-state index in [0.717, 1.165) is 29.4 Å². The summed E-state index contributed by atoms with van der Waals surface area (Å²) in [6.07, 6.45) is 0.533. The van der Waals surface area contributed by atoms with Crippen LogP contribution in [-0.4, -0.2) is 70.9 Å². The molecule has 5 rings (SSSR count). The Morgan fingerprint density at radius 1 is 1.12 bits per heavy atom. The van der Waals surface area contributed by atoms with Gasteiger partial charge < -0.3 is 14.7 Å². The van der Waals surface area contributed by atoms with Gasteiger partial charge in [-0.2, -0.15) is 0 Å². The lowest BCUT2D eigenvalue weighted by atomic mass is 9.92.